The Hall–Kier alpha value is -3.87. The smallest absolute Gasteiger partial charge is 0.480 e. The molecule has 1 spiro atoms. The van der Waals surface area contributed by atoms with E-state index < -0.39 is 24.2 Å². The number of hydrogen-bond donors (Lipinski definition) is 3. The van der Waals surface area contributed by atoms with Crippen molar-refractivity contribution in [3.8, 4) is 17.7 Å². The van der Waals surface area contributed by atoms with E-state index in [4.69, 9.17) is 24.1 Å². The van der Waals surface area contributed by atoms with Gasteiger partial charge < -0.3 is 34.6 Å². The van der Waals surface area contributed by atoms with Crippen molar-refractivity contribution in [3.63, 3.8) is 0 Å². The molecule has 2 aromatic rings. The molecule has 0 aromatic carbocycles. The number of aliphatic carboxylic acids is 2. The molecule has 5 rings (SSSR count). The van der Waals surface area contributed by atoms with Crippen molar-refractivity contribution < 1.29 is 47.2 Å². The van der Waals surface area contributed by atoms with Crippen LogP contribution in [-0.2, 0) is 26.1 Å². The van der Waals surface area contributed by atoms with Gasteiger partial charge >= 0.3 is 18.1 Å². The number of carboxylic acid groups (broad SMARTS) is 2. The molecular formula is C25H28F3N5O7. The van der Waals surface area contributed by atoms with Crippen LogP contribution in [0.4, 0.5) is 18.9 Å². The van der Waals surface area contributed by atoms with E-state index in [-0.39, 0.29) is 17.7 Å². The van der Waals surface area contributed by atoms with E-state index in [1.165, 1.54) is 0 Å². The number of aryl methyl sites for hydroxylation is 1. The van der Waals surface area contributed by atoms with E-state index >= 15 is 0 Å². The van der Waals surface area contributed by atoms with E-state index in [1.54, 1.807) is 10.9 Å². The van der Waals surface area contributed by atoms with Crippen molar-refractivity contribution in [2.24, 2.45) is 7.05 Å². The van der Waals surface area contributed by atoms with Gasteiger partial charge in [0.15, 0.2) is 0 Å². The third-order valence-corrected chi connectivity index (χ3v) is 6.74. The van der Waals surface area contributed by atoms with E-state index in [0.717, 1.165) is 11.3 Å². The number of anilines is 1. The number of alkyl halides is 3. The predicted octanol–water partition coefficient (Wildman–Crippen LogP) is 1.04. The summed E-state index contributed by atoms with van der Waals surface area (Å²) < 4.78 is 51.2. The van der Waals surface area contributed by atoms with Crippen LogP contribution in [0.25, 0.3) is 0 Å². The van der Waals surface area contributed by atoms with Crippen molar-refractivity contribution in [1.29, 1.82) is 0 Å². The Labute approximate surface area is 227 Å². The van der Waals surface area contributed by atoms with Crippen LogP contribution < -0.4 is 15.0 Å². The summed E-state index contributed by atoms with van der Waals surface area (Å²) in [5.74, 6) is 3.06. The van der Waals surface area contributed by atoms with Gasteiger partial charge in [-0.15, -0.1) is 0 Å². The molecule has 2 aromatic heterocycles. The van der Waals surface area contributed by atoms with Crippen LogP contribution in [0.2, 0.25) is 0 Å². The molecule has 3 atom stereocenters. The summed E-state index contributed by atoms with van der Waals surface area (Å²) >= 11 is 0. The van der Waals surface area contributed by atoms with E-state index in [2.05, 4.69) is 39.1 Å². The number of rotatable bonds is 4. The zero-order valence-corrected chi connectivity index (χ0v) is 21.6. The number of carboxylic acids is 2. The van der Waals surface area contributed by atoms with Crippen LogP contribution in [0, 0.1) is 11.8 Å². The van der Waals surface area contributed by atoms with Crippen LogP contribution in [0.3, 0.4) is 0 Å². The predicted molar refractivity (Wildman–Crippen MR) is 132 cm³/mol. The molecule has 3 N–H and O–H groups in total. The molecular weight excluding hydrogens is 539 g/mol. The monoisotopic (exact) mass is 567 g/mol. The number of pyridine rings is 1. The highest BCUT2D eigenvalue weighted by Crippen LogP contribution is 2.38. The second-order valence-electron chi connectivity index (χ2n) is 9.53. The Bertz CT molecular complexity index is 1300. The number of morpholine rings is 1. The quantitative estimate of drug-likeness (QED) is 0.455. The van der Waals surface area contributed by atoms with Crippen LogP contribution in [0.15, 0.2) is 24.5 Å². The lowest BCUT2D eigenvalue weighted by Gasteiger charge is -2.53. The van der Waals surface area contributed by atoms with E-state index in [9.17, 15) is 23.1 Å². The maximum Gasteiger partial charge on any atom is 0.490 e. The number of nitrogens with one attached hydrogen (secondary N) is 1. The number of hydrogen-bond acceptors (Lipinski definition) is 9. The lowest BCUT2D eigenvalue weighted by atomic mass is 9.90. The third kappa shape index (κ3) is 6.64. The van der Waals surface area contributed by atoms with Crippen molar-refractivity contribution in [2.45, 2.75) is 43.3 Å². The van der Waals surface area contributed by atoms with Crippen molar-refractivity contribution >= 4 is 17.6 Å². The average Bonchev–Trinajstić information content (AvgIpc) is 3.51. The highest BCUT2D eigenvalue weighted by Gasteiger charge is 2.50. The van der Waals surface area contributed by atoms with E-state index in [0.29, 0.717) is 50.9 Å². The Morgan fingerprint density at radius 2 is 2.00 bits per heavy atom. The fourth-order valence-corrected chi connectivity index (χ4v) is 4.46. The average molecular weight is 568 g/mol. The first-order valence-electron chi connectivity index (χ1n) is 12.3. The molecule has 3 aliphatic rings. The summed E-state index contributed by atoms with van der Waals surface area (Å²) in [6.45, 7) is 4.94. The first kappa shape index (κ1) is 29.1. The first-order valence-corrected chi connectivity index (χ1v) is 12.3. The highest BCUT2D eigenvalue weighted by atomic mass is 19.4. The van der Waals surface area contributed by atoms with Gasteiger partial charge in [-0.25, -0.2) is 9.78 Å². The lowest BCUT2D eigenvalue weighted by Crippen LogP contribution is -2.68. The number of carbonyl (C=O) groups is 2. The molecule has 0 amide bonds. The zero-order valence-electron chi connectivity index (χ0n) is 21.6. The van der Waals surface area contributed by atoms with Gasteiger partial charge in [0.1, 0.15) is 29.1 Å². The summed E-state index contributed by atoms with van der Waals surface area (Å²) in [5, 5.41) is 23.7. The molecule has 5 heterocycles. The maximum absolute atomic E-state index is 11.3. The summed E-state index contributed by atoms with van der Waals surface area (Å²) in [5.41, 5.74) is 1.91. The number of ether oxygens (including phenoxy) is 3. The van der Waals surface area contributed by atoms with Gasteiger partial charge in [-0.1, -0.05) is 5.92 Å². The molecule has 216 valence electrons. The molecule has 0 saturated carbocycles. The minimum absolute atomic E-state index is 0.0524. The lowest BCUT2D eigenvalue weighted by molar-refractivity contribution is -0.228. The highest BCUT2D eigenvalue weighted by molar-refractivity contribution is 5.74. The molecule has 40 heavy (non-hydrogen) atoms. The van der Waals surface area contributed by atoms with Crippen LogP contribution in [0.1, 0.15) is 24.6 Å². The van der Waals surface area contributed by atoms with Gasteiger partial charge in [-0.2, -0.15) is 18.3 Å². The van der Waals surface area contributed by atoms with Crippen molar-refractivity contribution in [3.05, 3.63) is 35.8 Å². The zero-order chi connectivity index (χ0) is 29.1. The second-order valence-corrected chi connectivity index (χ2v) is 9.53. The molecule has 3 aliphatic heterocycles. The van der Waals surface area contributed by atoms with Crippen LogP contribution in [0.5, 0.6) is 5.88 Å². The van der Waals surface area contributed by atoms with Gasteiger partial charge in [0.05, 0.1) is 25.9 Å². The summed E-state index contributed by atoms with van der Waals surface area (Å²) in [6.07, 6.45) is -1.45. The summed E-state index contributed by atoms with van der Waals surface area (Å²) in [7, 11) is 1.85. The minimum atomic E-state index is -5.08. The number of halogens is 3. The number of aromatic nitrogens is 3. The standard InChI is InChI=1S/C23H27N5O5.C2HF3O2/c1-15-23(13-31-14-23)32-8-7-28(15)20-9-16(3-4-17-5-6-27(2)26-17)11-25-21(20)33-18-10-19(22(29)30)24-12-18;3-2(4,5)1(6)7/h5-6,9,11,15,18-19,24H,7-8,10,12-14H2,1-2H3,(H,29,30);(H,6,7)/t15-,18-,19-;/m0./s1. The van der Waals surface area contributed by atoms with Crippen LogP contribution >= 0.6 is 0 Å². The number of nitrogens with zero attached hydrogens (tertiary/aromatic N) is 4. The van der Waals surface area contributed by atoms with Gasteiger partial charge in [0.2, 0.25) is 5.88 Å². The topological polar surface area (TPSA) is 148 Å². The van der Waals surface area contributed by atoms with Gasteiger partial charge in [-0.3, -0.25) is 9.48 Å². The normalized spacial score (nSPS) is 23.3. The largest absolute Gasteiger partial charge is 0.490 e. The molecule has 3 saturated heterocycles. The Morgan fingerprint density at radius 3 is 2.55 bits per heavy atom. The fraction of sp³-hybridized carbons (Fsp3) is 0.520. The molecule has 15 heteroatoms. The minimum Gasteiger partial charge on any atom is -0.480 e. The summed E-state index contributed by atoms with van der Waals surface area (Å²) in [4.78, 5) is 27.0. The van der Waals surface area contributed by atoms with Gasteiger partial charge in [0.25, 0.3) is 0 Å². The molecule has 0 unspecified atom stereocenters. The van der Waals surface area contributed by atoms with Crippen LogP contribution in [-0.4, -0.2) is 99.8 Å². The maximum atomic E-state index is 11.3. The Balaban J connectivity index is 0.000000470. The molecule has 0 radical (unpaired) electrons. The SMILES string of the molecule is C[C@@H]1N(c2cc(C#Cc3ccn(C)n3)cnc2O[C@@H]2CN[C@H](C(=O)O)C2)CCOC12COC2.O=C(O)C(F)(F)F. The first-order chi connectivity index (χ1) is 18.9. The third-order valence-electron chi connectivity index (χ3n) is 6.74. The Kier molecular flexibility index (Phi) is 8.52. The molecule has 3 fully saturated rings. The molecule has 12 nitrogen and oxygen atoms in total. The van der Waals surface area contributed by atoms with Crippen molar-refractivity contribution in [2.75, 3.05) is 37.8 Å². The van der Waals surface area contributed by atoms with Gasteiger partial charge in [-0.05, 0) is 25.0 Å². The second kappa shape index (κ2) is 11.7. The van der Waals surface area contributed by atoms with E-state index in [1.807, 2.05) is 25.4 Å². The molecule has 0 bridgehead atoms. The summed E-state index contributed by atoms with van der Waals surface area (Å²) in [6, 6.07) is 3.27. The Morgan fingerprint density at radius 1 is 1.27 bits per heavy atom. The van der Waals surface area contributed by atoms with Gasteiger partial charge in [0, 0.05) is 44.5 Å². The molecule has 0 aliphatic carbocycles. The fourth-order valence-electron chi connectivity index (χ4n) is 4.46. The van der Waals surface area contributed by atoms with Crippen molar-refractivity contribution in [1.82, 2.24) is 20.1 Å².